The van der Waals surface area contributed by atoms with E-state index in [-0.39, 0.29) is 11.5 Å². The molecule has 5 nitrogen and oxygen atoms in total. The standard InChI is InChI=1S/C13H20N2O3S/c1-2-10-4-5-11(8-12(10)14)19(17,18)15-13(9-16)6-3-7-13/h4-5,8,15-16H,2-3,6-7,9,14H2,1H3. The van der Waals surface area contributed by atoms with Crippen LogP contribution in [-0.4, -0.2) is 25.7 Å². The van der Waals surface area contributed by atoms with Crippen LogP contribution in [0.5, 0.6) is 0 Å². The summed E-state index contributed by atoms with van der Waals surface area (Å²) in [5.41, 5.74) is 6.56. The van der Waals surface area contributed by atoms with E-state index >= 15 is 0 Å². The second-order valence-corrected chi connectivity index (χ2v) is 6.79. The van der Waals surface area contributed by atoms with Gasteiger partial charge in [-0.15, -0.1) is 0 Å². The summed E-state index contributed by atoms with van der Waals surface area (Å²) in [6.45, 7) is 1.79. The van der Waals surface area contributed by atoms with Crippen molar-refractivity contribution in [2.75, 3.05) is 12.3 Å². The molecular weight excluding hydrogens is 264 g/mol. The number of hydrogen-bond donors (Lipinski definition) is 3. The van der Waals surface area contributed by atoms with Crippen molar-refractivity contribution in [3.05, 3.63) is 23.8 Å². The van der Waals surface area contributed by atoms with Gasteiger partial charge in [-0.05, 0) is 43.4 Å². The van der Waals surface area contributed by atoms with Gasteiger partial charge < -0.3 is 10.8 Å². The number of sulfonamides is 1. The molecule has 106 valence electrons. The van der Waals surface area contributed by atoms with Gasteiger partial charge in [0, 0.05) is 5.69 Å². The van der Waals surface area contributed by atoms with E-state index in [1.54, 1.807) is 12.1 Å². The third-order valence-electron chi connectivity index (χ3n) is 3.77. The lowest BCUT2D eigenvalue weighted by Gasteiger charge is -2.40. The number of nitrogen functional groups attached to an aromatic ring is 1. The minimum absolute atomic E-state index is 0.155. The number of aryl methyl sites for hydroxylation is 1. The summed E-state index contributed by atoms with van der Waals surface area (Å²) in [4.78, 5) is 0.155. The van der Waals surface area contributed by atoms with Crippen molar-refractivity contribution in [2.24, 2.45) is 0 Å². The fourth-order valence-electron chi connectivity index (χ4n) is 2.30. The molecule has 0 aromatic heterocycles. The lowest BCUT2D eigenvalue weighted by Crippen LogP contribution is -2.55. The van der Waals surface area contributed by atoms with Crippen LogP contribution in [0.4, 0.5) is 5.69 Å². The summed E-state index contributed by atoms with van der Waals surface area (Å²) >= 11 is 0. The topological polar surface area (TPSA) is 92.4 Å². The number of aliphatic hydroxyl groups excluding tert-OH is 1. The summed E-state index contributed by atoms with van der Waals surface area (Å²) < 4.78 is 27.2. The highest BCUT2D eigenvalue weighted by atomic mass is 32.2. The van der Waals surface area contributed by atoms with Gasteiger partial charge in [-0.3, -0.25) is 0 Å². The highest BCUT2D eigenvalue weighted by Gasteiger charge is 2.40. The maximum atomic E-state index is 12.3. The zero-order valence-corrected chi connectivity index (χ0v) is 11.8. The molecule has 1 fully saturated rings. The van der Waals surface area contributed by atoms with Crippen molar-refractivity contribution in [1.82, 2.24) is 4.72 Å². The molecule has 0 aliphatic heterocycles. The first-order chi connectivity index (χ1) is 8.92. The molecule has 19 heavy (non-hydrogen) atoms. The lowest BCUT2D eigenvalue weighted by molar-refractivity contribution is 0.110. The van der Waals surface area contributed by atoms with Gasteiger partial charge in [0.15, 0.2) is 0 Å². The molecule has 1 aliphatic rings. The van der Waals surface area contributed by atoms with Crippen LogP contribution in [-0.2, 0) is 16.4 Å². The lowest BCUT2D eigenvalue weighted by atomic mass is 9.78. The molecule has 0 bridgehead atoms. The number of benzene rings is 1. The van der Waals surface area contributed by atoms with Crippen LogP contribution in [0.2, 0.25) is 0 Å². The largest absolute Gasteiger partial charge is 0.398 e. The van der Waals surface area contributed by atoms with Crippen molar-refractivity contribution in [3.8, 4) is 0 Å². The van der Waals surface area contributed by atoms with Crippen molar-refractivity contribution in [3.63, 3.8) is 0 Å². The Labute approximate surface area is 113 Å². The van der Waals surface area contributed by atoms with Gasteiger partial charge in [0.05, 0.1) is 17.0 Å². The predicted octanol–water partition coefficient (Wildman–Crippen LogP) is 1.02. The van der Waals surface area contributed by atoms with E-state index in [9.17, 15) is 13.5 Å². The third-order valence-corrected chi connectivity index (χ3v) is 5.35. The predicted molar refractivity (Wildman–Crippen MR) is 74.2 cm³/mol. The summed E-state index contributed by atoms with van der Waals surface area (Å²) in [7, 11) is -3.63. The van der Waals surface area contributed by atoms with Crippen LogP contribution >= 0.6 is 0 Å². The molecule has 0 amide bonds. The molecule has 1 aliphatic carbocycles. The second-order valence-electron chi connectivity index (χ2n) is 5.11. The van der Waals surface area contributed by atoms with Crippen LogP contribution in [0.25, 0.3) is 0 Å². The Morgan fingerprint density at radius 1 is 1.42 bits per heavy atom. The van der Waals surface area contributed by atoms with E-state index in [1.165, 1.54) is 6.07 Å². The van der Waals surface area contributed by atoms with Crippen LogP contribution in [0, 0.1) is 0 Å². The zero-order chi connectivity index (χ0) is 14.1. The van der Waals surface area contributed by atoms with Gasteiger partial charge in [-0.25, -0.2) is 13.1 Å². The van der Waals surface area contributed by atoms with Crippen LogP contribution in [0.3, 0.4) is 0 Å². The number of nitrogens with two attached hydrogens (primary N) is 1. The summed E-state index contributed by atoms with van der Waals surface area (Å²) in [5.74, 6) is 0. The van der Waals surface area contributed by atoms with Crippen LogP contribution < -0.4 is 10.5 Å². The van der Waals surface area contributed by atoms with Gasteiger partial charge in [0.25, 0.3) is 0 Å². The number of nitrogens with one attached hydrogen (secondary N) is 1. The van der Waals surface area contributed by atoms with E-state index in [4.69, 9.17) is 5.73 Å². The van der Waals surface area contributed by atoms with Gasteiger partial charge in [-0.1, -0.05) is 13.0 Å². The Hall–Kier alpha value is -1.11. The second kappa shape index (κ2) is 5.11. The number of hydrogen-bond acceptors (Lipinski definition) is 4. The fourth-order valence-corrected chi connectivity index (χ4v) is 3.79. The minimum atomic E-state index is -3.63. The summed E-state index contributed by atoms with van der Waals surface area (Å²) in [6, 6.07) is 4.77. The molecule has 4 N–H and O–H groups in total. The van der Waals surface area contributed by atoms with Crippen LogP contribution in [0.15, 0.2) is 23.1 Å². The molecule has 0 saturated heterocycles. The summed E-state index contributed by atoms with van der Waals surface area (Å²) in [6.07, 6.45) is 3.04. The molecule has 1 saturated carbocycles. The number of anilines is 1. The number of aliphatic hydroxyl groups is 1. The average Bonchev–Trinajstić information content (AvgIpc) is 2.34. The molecule has 2 rings (SSSR count). The van der Waals surface area contributed by atoms with E-state index in [0.29, 0.717) is 18.5 Å². The maximum Gasteiger partial charge on any atom is 0.241 e. The molecule has 1 aromatic rings. The Kier molecular flexibility index (Phi) is 3.85. The number of rotatable bonds is 5. The summed E-state index contributed by atoms with van der Waals surface area (Å²) in [5, 5.41) is 9.33. The Morgan fingerprint density at radius 3 is 2.53 bits per heavy atom. The van der Waals surface area contributed by atoms with E-state index in [2.05, 4.69) is 4.72 Å². The van der Waals surface area contributed by atoms with Crippen molar-refractivity contribution in [1.29, 1.82) is 0 Å². The fraction of sp³-hybridized carbons (Fsp3) is 0.538. The van der Waals surface area contributed by atoms with E-state index in [0.717, 1.165) is 18.4 Å². The van der Waals surface area contributed by atoms with Gasteiger partial charge in [0.2, 0.25) is 10.0 Å². The SMILES string of the molecule is CCc1ccc(S(=O)(=O)NC2(CO)CCC2)cc1N. The van der Waals surface area contributed by atoms with Crippen molar-refractivity contribution < 1.29 is 13.5 Å². The molecular formula is C13H20N2O3S. The van der Waals surface area contributed by atoms with E-state index < -0.39 is 15.6 Å². The normalized spacial score (nSPS) is 18.0. The quantitative estimate of drug-likeness (QED) is 0.704. The Balaban J connectivity index is 2.27. The monoisotopic (exact) mass is 284 g/mol. The molecule has 0 heterocycles. The zero-order valence-electron chi connectivity index (χ0n) is 11.0. The van der Waals surface area contributed by atoms with Gasteiger partial charge >= 0.3 is 0 Å². The molecule has 0 atom stereocenters. The molecule has 0 spiro atoms. The smallest absolute Gasteiger partial charge is 0.241 e. The molecule has 0 radical (unpaired) electrons. The molecule has 1 aromatic carbocycles. The van der Waals surface area contributed by atoms with Gasteiger partial charge in [-0.2, -0.15) is 0 Å². The Morgan fingerprint density at radius 2 is 2.11 bits per heavy atom. The average molecular weight is 284 g/mol. The highest BCUT2D eigenvalue weighted by Crippen LogP contribution is 2.33. The van der Waals surface area contributed by atoms with E-state index in [1.807, 2.05) is 6.92 Å². The first-order valence-corrected chi connectivity index (χ1v) is 7.94. The first kappa shape index (κ1) is 14.3. The molecule has 6 heteroatoms. The van der Waals surface area contributed by atoms with Crippen molar-refractivity contribution in [2.45, 2.75) is 43.0 Å². The highest BCUT2D eigenvalue weighted by molar-refractivity contribution is 7.89. The first-order valence-electron chi connectivity index (χ1n) is 6.46. The Bertz CT molecular complexity index is 560. The van der Waals surface area contributed by atoms with Gasteiger partial charge in [0.1, 0.15) is 0 Å². The van der Waals surface area contributed by atoms with Crippen LogP contribution in [0.1, 0.15) is 31.7 Å². The third kappa shape index (κ3) is 2.75. The maximum absolute atomic E-state index is 12.3. The molecule has 0 unspecified atom stereocenters. The minimum Gasteiger partial charge on any atom is -0.398 e. The van der Waals surface area contributed by atoms with Crippen molar-refractivity contribution >= 4 is 15.7 Å².